The Morgan fingerprint density at radius 2 is 2.18 bits per heavy atom. The van der Waals surface area contributed by atoms with Crippen molar-refractivity contribution in [3.63, 3.8) is 0 Å². The Morgan fingerprint density at radius 3 is 2.88 bits per heavy atom. The van der Waals surface area contributed by atoms with Crippen LogP contribution < -0.4 is 10.5 Å². The van der Waals surface area contributed by atoms with E-state index in [0.717, 1.165) is 17.7 Å². The number of benzene rings is 1. The van der Waals surface area contributed by atoms with E-state index in [1.165, 1.54) is 5.56 Å². The summed E-state index contributed by atoms with van der Waals surface area (Å²) in [5.74, 6) is 0.787. The minimum atomic E-state index is 0.396. The van der Waals surface area contributed by atoms with E-state index in [4.69, 9.17) is 22.1 Å². The van der Waals surface area contributed by atoms with Gasteiger partial charge in [0.1, 0.15) is 5.75 Å². The van der Waals surface area contributed by atoms with Gasteiger partial charge in [0, 0.05) is 23.6 Å². The molecule has 0 aliphatic carbocycles. The van der Waals surface area contributed by atoms with Gasteiger partial charge in [0.15, 0.2) is 0 Å². The highest BCUT2D eigenvalue weighted by molar-refractivity contribution is 7.07. The van der Waals surface area contributed by atoms with Gasteiger partial charge in [-0.2, -0.15) is 11.3 Å². The lowest BCUT2D eigenvalue weighted by Crippen LogP contribution is -2.05. The Bertz CT molecular complexity index is 470. The van der Waals surface area contributed by atoms with E-state index in [9.17, 15) is 0 Å². The van der Waals surface area contributed by atoms with Crippen molar-refractivity contribution in [1.29, 1.82) is 0 Å². The molecule has 0 bridgehead atoms. The summed E-state index contributed by atoms with van der Waals surface area (Å²) >= 11 is 7.75. The highest BCUT2D eigenvalue weighted by Crippen LogP contribution is 2.25. The van der Waals surface area contributed by atoms with Gasteiger partial charge in [0.25, 0.3) is 0 Å². The number of hydrogen-bond acceptors (Lipinski definition) is 3. The Labute approximate surface area is 110 Å². The summed E-state index contributed by atoms with van der Waals surface area (Å²) in [6.45, 7) is 1.04. The van der Waals surface area contributed by atoms with Gasteiger partial charge >= 0.3 is 0 Å². The molecule has 2 rings (SSSR count). The summed E-state index contributed by atoms with van der Waals surface area (Å²) in [4.78, 5) is 0. The number of rotatable bonds is 5. The minimum absolute atomic E-state index is 0.396. The number of halogens is 1. The summed E-state index contributed by atoms with van der Waals surface area (Å²) in [7, 11) is 0. The minimum Gasteiger partial charge on any atom is -0.493 e. The predicted octanol–water partition coefficient (Wildman–Crippen LogP) is 3.48. The maximum absolute atomic E-state index is 6.05. The lowest BCUT2D eigenvalue weighted by Gasteiger charge is -2.11. The molecule has 0 unspecified atom stereocenters. The van der Waals surface area contributed by atoms with Gasteiger partial charge in [0.2, 0.25) is 0 Å². The molecular weight excluding hydrogens is 254 g/mol. The molecule has 2 aromatic rings. The second-order valence-corrected chi connectivity index (χ2v) is 4.84. The lowest BCUT2D eigenvalue weighted by atomic mass is 10.2. The van der Waals surface area contributed by atoms with Crippen molar-refractivity contribution in [2.45, 2.75) is 13.0 Å². The molecule has 0 aliphatic heterocycles. The van der Waals surface area contributed by atoms with E-state index in [1.54, 1.807) is 11.3 Å². The van der Waals surface area contributed by atoms with Crippen LogP contribution in [0, 0.1) is 0 Å². The first kappa shape index (κ1) is 12.4. The maximum Gasteiger partial charge on any atom is 0.125 e. The SMILES string of the molecule is NCc1c(Cl)cccc1OCCc1ccsc1. The van der Waals surface area contributed by atoms with Gasteiger partial charge in [-0.1, -0.05) is 17.7 Å². The van der Waals surface area contributed by atoms with Gasteiger partial charge in [-0.3, -0.25) is 0 Å². The van der Waals surface area contributed by atoms with E-state index in [1.807, 2.05) is 18.2 Å². The third-order valence-electron chi connectivity index (χ3n) is 2.51. The third kappa shape index (κ3) is 3.22. The smallest absolute Gasteiger partial charge is 0.125 e. The standard InChI is InChI=1S/C13H14ClNOS/c14-12-2-1-3-13(11(12)8-15)16-6-4-10-5-7-17-9-10/h1-3,5,7,9H,4,6,8,15H2. The van der Waals surface area contributed by atoms with Gasteiger partial charge in [-0.05, 0) is 34.5 Å². The molecule has 1 aromatic heterocycles. The van der Waals surface area contributed by atoms with E-state index in [0.29, 0.717) is 18.2 Å². The molecule has 0 saturated heterocycles. The van der Waals surface area contributed by atoms with Crippen LogP contribution in [0.5, 0.6) is 5.75 Å². The quantitative estimate of drug-likeness (QED) is 0.900. The molecule has 2 nitrogen and oxygen atoms in total. The van der Waals surface area contributed by atoms with E-state index >= 15 is 0 Å². The Morgan fingerprint density at radius 1 is 1.29 bits per heavy atom. The average molecular weight is 268 g/mol. The van der Waals surface area contributed by atoms with Crippen molar-refractivity contribution in [3.05, 3.63) is 51.2 Å². The zero-order valence-corrected chi connectivity index (χ0v) is 10.9. The largest absolute Gasteiger partial charge is 0.493 e. The van der Waals surface area contributed by atoms with Crippen LogP contribution in [0.15, 0.2) is 35.0 Å². The number of nitrogens with two attached hydrogens (primary N) is 1. The Kier molecular flexibility index (Phi) is 4.42. The highest BCUT2D eigenvalue weighted by Gasteiger charge is 2.06. The van der Waals surface area contributed by atoms with Gasteiger partial charge < -0.3 is 10.5 Å². The monoisotopic (exact) mass is 267 g/mol. The molecule has 0 atom stereocenters. The van der Waals surface area contributed by atoms with Crippen molar-refractivity contribution >= 4 is 22.9 Å². The second kappa shape index (κ2) is 6.05. The maximum atomic E-state index is 6.05. The van der Waals surface area contributed by atoms with E-state index in [-0.39, 0.29) is 0 Å². The molecule has 17 heavy (non-hydrogen) atoms. The summed E-state index contributed by atoms with van der Waals surface area (Å²) in [5.41, 5.74) is 7.83. The molecule has 0 aliphatic rings. The van der Waals surface area contributed by atoms with Crippen LogP contribution in [-0.2, 0) is 13.0 Å². The first-order chi connectivity index (χ1) is 8.31. The molecule has 0 amide bonds. The zero-order valence-electron chi connectivity index (χ0n) is 9.36. The van der Waals surface area contributed by atoms with Crippen molar-refractivity contribution in [3.8, 4) is 5.75 Å². The summed E-state index contributed by atoms with van der Waals surface area (Å²) in [6.07, 6.45) is 0.903. The molecule has 0 spiro atoms. The molecule has 90 valence electrons. The average Bonchev–Trinajstić information content (AvgIpc) is 2.82. The van der Waals surface area contributed by atoms with Crippen LogP contribution in [0.1, 0.15) is 11.1 Å². The van der Waals surface area contributed by atoms with Crippen LogP contribution in [0.2, 0.25) is 5.02 Å². The predicted molar refractivity (Wildman–Crippen MR) is 72.9 cm³/mol. The molecule has 1 aromatic carbocycles. The van der Waals surface area contributed by atoms with Crippen LogP contribution >= 0.6 is 22.9 Å². The molecule has 2 N–H and O–H groups in total. The van der Waals surface area contributed by atoms with Crippen molar-refractivity contribution in [1.82, 2.24) is 0 Å². The van der Waals surface area contributed by atoms with E-state index < -0.39 is 0 Å². The fourth-order valence-corrected chi connectivity index (χ4v) is 2.53. The molecule has 0 radical (unpaired) electrons. The lowest BCUT2D eigenvalue weighted by molar-refractivity contribution is 0.319. The third-order valence-corrected chi connectivity index (χ3v) is 3.59. The van der Waals surface area contributed by atoms with Crippen LogP contribution in [-0.4, -0.2) is 6.61 Å². The molecule has 0 saturated carbocycles. The highest BCUT2D eigenvalue weighted by atomic mass is 35.5. The Hall–Kier alpha value is -1.03. The van der Waals surface area contributed by atoms with Crippen molar-refractivity contribution in [2.24, 2.45) is 5.73 Å². The molecule has 0 fully saturated rings. The summed E-state index contributed by atoms with van der Waals surface area (Å²) in [6, 6.07) is 7.72. The van der Waals surface area contributed by atoms with Crippen LogP contribution in [0.3, 0.4) is 0 Å². The van der Waals surface area contributed by atoms with Crippen molar-refractivity contribution < 1.29 is 4.74 Å². The fourth-order valence-electron chi connectivity index (χ4n) is 1.59. The van der Waals surface area contributed by atoms with Gasteiger partial charge in [0.05, 0.1) is 6.61 Å². The van der Waals surface area contributed by atoms with Crippen molar-refractivity contribution in [2.75, 3.05) is 6.61 Å². The Balaban J connectivity index is 1.97. The molecular formula is C13H14ClNOS. The number of ether oxygens (including phenoxy) is 1. The topological polar surface area (TPSA) is 35.2 Å². The first-order valence-electron chi connectivity index (χ1n) is 5.42. The second-order valence-electron chi connectivity index (χ2n) is 3.65. The molecule has 1 heterocycles. The van der Waals surface area contributed by atoms with Gasteiger partial charge in [-0.25, -0.2) is 0 Å². The van der Waals surface area contributed by atoms with E-state index in [2.05, 4.69) is 16.8 Å². The number of thiophene rings is 1. The normalized spacial score (nSPS) is 10.5. The molecule has 4 heteroatoms. The fraction of sp³-hybridized carbons (Fsp3) is 0.231. The first-order valence-corrected chi connectivity index (χ1v) is 6.74. The zero-order chi connectivity index (χ0) is 12.1. The summed E-state index contributed by atoms with van der Waals surface area (Å²) in [5, 5.41) is 4.87. The van der Waals surface area contributed by atoms with Crippen LogP contribution in [0.25, 0.3) is 0 Å². The number of hydrogen-bond donors (Lipinski definition) is 1. The van der Waals surface area contributed by atoms with Crippen LogP contribution in [0.4, 0.5) is 0 Å². The summed E-state index contributed by atoms with van der Waals surface area (Å²) < 4.78 is 5.72. The van der Waals surface area contributed by atoms with Gasteiger partial charge in [-0.15, -0.1) is 0 Å².